The Bertz CT molecular complexity index is 420. The van der Waals surface area contributed by atoms with Gasteiger partial charge < -0.3 is 10.4 Å². The van der Waals surface area contributed by atoms with E-state index < -0.39 is 28.3 Å². The molecule has 2 N–H and O–H groups in total. The fraction of sp³-hybridized carbons (Fsp3) is 0.800. The van der Waals surface area contributed by atoms with E-state index >= 15 is 0 Å². The summed E-state index contributed by atoms with van der Waals surface area (Å²) in [5.74, 6) is -1.27. The second kappa shape index (κ2) is 6.14. The third kappa shape index (κ3) is 4.61. The van der Waals surface area contributed by atoms with E-state index in [9.17, 15) is 18.0 Å². The molecule has 104 valence electrons. The van der Waals surface area contributed by atoms with Crippen molar-refractivity contribution in [3.8, 4) is 0 Å². The number of nitrogens with one attached hydrogen (secondary N) is 1. The van der Waals surface area contributed by atoms with Crippen molar-refractivity contribution in [2.45, 2.75) is 19.4 Å². The van der Waals surface area contributed by atoms with Crippen molar-refractivity contribution < 1.29 is 23.1 Å². The lowest BCUT2D eigenvalue weighted by atomic mass is 10.2. The van der Waals surface area contributed by atoms with Gasteiger partial charge in [-0.25, -0.2) is 8.42 Å². The molecule has 0 aliphatic carbocycles. The fourth-order valence-electron chi connectivity index (χ4n) is 1.98. The average molecular weight is 278 g/mol. The van der Waals surface area contributed by atoms with Crippen LogP contribution in [0.15, 0.2) is 0 Å². The van der Waals surface area contributed by atoms with E-state index in [4.69, 9.17) is 5.11 Å². The zero-order valence-electron chi connectivity index (χ0n) is 10.3. The number of hydrogen-bond acceptors (Lipinski definition) is 5. The lowest BCUT2D eigenvalue weighted by Crippen LogP contribution is -2.44. The number of hydrogen-bond donors (Lipinski definition) is 2. The van der Waals surface area contributed by atoms with Gasteiger partial charge in [0.1, 0.15) is 6.54 Å². The van der Waals surface area contributed by atoms with Crippen LogP contribution in [0.4, 0.5) is 0 Å². The summed E-state index contributed by atoms with van der Waals surface area (Å²) in [5, 5.41) is 10.7. The molecule has 1 unspecified atom stereocenters. The van der Waals surface area contributed by atoms with E-state index in [2.05, 4.69) is 5.32 Å². The zero-order valence-corrected chi connectivity index (χ0v) is 11.1. The summed E-state index contributed by atoms with van der Waals surface area (Å²) < 4.78 is 22.7. The maximum atomic E-state index is 11.5. The lowest BCUT2D eigenvalue weighted by Gasteiger charge is -2.25. The number of carboxylic acid groups (broad SMARTS) is 1. The van der Waals surface area contributed by atoms with Gasteiger partial charge in [-0.15, -0.1) is 0 Å². The fourth-order valence-corrected chi connectivity index (χ4v) is 3.74. The maximum Gasteiger partial charge on any atom is 0.322 e. The Hall–Kier alpha value is -1.15. The van der Waals surface area contributed by atoms with Crippen molar-refractivity contribution in [1.29, 1.82) is 0 Å². The Kier molecular flexibility index (Phi) is 5.09. The number of likely N-dealkylation sites (N-methyl/N-ethyl adjacent to an activating group) is 1. The van der Waals surface area contributed by atoms with Gasteiger partial charge in [-0.1, -0.05) is 6.92 Å². The lowest BCUT2D eigenvalue weighted by molar-refractivity contribution is -0.138. The summed E-state index contributed by atoms with van der Waals surface area (Å²) in [6.45, 7) is 2.01. The molecule has 0 spiro atoms. The van der Waals surface area contributed by atoms with Gasteiger partial charge in [0.05, 0.1) is 18.1 Å². The quantitative estimate of drug-likeness (QED) is 0.625. The van der Waals surface area contributed by atoms with Gasteiger partial charge in [0.15, 0.2) is 9.84 Å². The predicted octanol–water partition coefficient (Wildman–Crippen LogP) is -1.30. The first-order valence-electron chi connectivity index (χ1n) is 5.77. The smallest absolute Gasteiger partial charge is 0.322 e. The monoisotopic (exact) mass is 278 g/mol. The van der Waals surface area contributed by atoms with E-state index in [1.54, 1.807) is 4.90 Å². The first-order valence-corrected chi connectivity index (χ1v) is 7.59. The predicted molar refractivity (Wildman–Crippen MR) is 65.0 cm³/mol. The summed E-state index contributed by atoms with van der Waals surface area (Å²) in [6, 6.07) is -0.143. The minimum Gasteiger partial charge on any atom is -0.480 e. The molecule has 0 aromatic heterocycles. The van der Waals surface area contributed by atoms with Crippen molar-refractivity contribution in [2.75, 3.05) is 31.1 Å². The Morgan fingerprint density at radius 2 is 2.11 bits per heavy atom. The molecule has 0 radical (unpaired) electrons. The first kappa shape index (κ1) is 14.9. The first-order chi connectivity index (χ1) is 8.34. The third-order valence-electron chi connectivity index (χ3n) is 2.91. The van der Waals surface area contributed by atoms with Crippen molar-refractivity contribution in [1.82, 2.24) is 10.2 Å². The largest absolute Gasteiger partial charge is 0.480 e. The van der Waals surface area contributed by atoms with Crippen LogP contribution in [-0.2, 0) is 19.4 Å². The molecule has 1 aliphatic heterocycles. The number of carboxylic acids is 1. The zero-order chi connectivity index (χ0) is 13.8. The molecule has 1 fully saturated rings. The van der Waals surface area contributed by atoms with Crippen LogP contribution >= 0.6 is 0 Å². The Balaban J connectivity index is 2.47. The molecule has 1 rings (SSSR count). The van der Waals surface area contributed by atoms with E-state index in [1.165, 1.54) is 0 Å². The van der Waals surface area contributed by atoms with Crippen LogP contribution in [0, 0.1) is 0 Å². The molecule has 0 saturated carbocycles. The van der Waals surface area contributed by atoms with Crippen molar-refractivity contribution in [3.05, 3.63) is 0 Å². The van der Waals surface area contributed by atoms with Gasteiger partial charge in [0.25, 0.3) is 0 Å². The molecular weight excluding hydrogens is 260 g/mol. The van der Waals surface area contributed by atoms with Gasteiger partial charge in [-0.3, -0.25) is 14.5 Å². The van der Waals surface area contributed by atoms with E-state index in [-0.39, 0.29) is 24.1 Å². The molecule has 8 heteroatoms. The summed E-state index contributed by atoms with van der Waals surface area (Å²) in [7, 11) is -2.98. The minimum atomic E-state index is -2.98. The van der Waals surface area contributed by atoms with Gasteiger partial charge in [-0.2, -0.15) is 0 Å². The van der Waals surface area contributed by atoms with Gasteiger partial charge >= 0.3 is 5.97 Å². The van der Waals surface area contributed by atoms with E-state index in [1.807, 2.05) is 6.92 Å². The number of rotatable bonds is 6. The van der Waals surface area contributed by atoms with Crippen LogP contribution in [-0.4, -0.2) is 67.5 Å². The number of nitrogens with zero attached hydrogens (tertiary/aromatic N) is 1. The highest BCUT2D eigenvalue weighted by molar-refractivity contribution is 7.91. The van der Waals surface area contributed by atoms with Crippen LogP contribution in [0.25, 0.3) is 0 Å². The van der Waals surface area contributed by atoms with Crippen molar-refractivity contribution >= 4 is 21.7 Å². The number of carbonyl (C=O) groups is 2. The van der Waals surface area contributed by atoms with Crippen LogP contribution in [0.1, 0.15) is 13.3 Å². The number of amides is 1. The molecule has 1 atom stereocenters. The molecule has 1 saturated heterocycles. The van der Waals surface area contributed by atoms with E-state index in [0.717, 1.165) is 0 Å². The molecule has 0 aromatic carbocycles. The molecule has 7 nitrogen and oxygen atoms in total. The van der Waals surface area contributed by atoms with Gasteiger partial charge in [0, 0.05) is 6.04 Å². The van der Waals surface area contributed by atoms with Crippen molar-refractivity contribution in [3.63, 3.8) is 0 Å². The van der Waals surface area contributed by atoms with Crippen LogP contribution in [0.3, 0.4) is 0 Å². The number of carbonyl (C=O) groups excluding carboxylic acids is 1. The molecule has 1 aliphatic rings. The maximum absolute atomic E-state index is 11.5. The molecule has 1 amide bonds. The molecular formula is C10H18N2O5S. The minimum absolute atomic E-state index is 0.0317. The molecule has 0 aromatic rings. The topological polar surface area (TPSA) is 104 Å². The molecule has 1 heterocycles. The Labute approximate surface area is 106 Å². The summed E-state index contributed by atoms with van der Waals surface area (Å²) >= 11 is 0. The van der Waals surface area contributed by atoms with Crippen molar-refractivity contribution in [2.24, 2.45) is 0 Å². The highest BCUT2D eigenvalue weighted by Gasteiger charge is 2.32. The normalized spacial score (nSPS) is 22.0. The second-order valence-corrected chi connectivity index (χ2v) is 6.52. The van der Waals surface area contributed by atoms with Crippen LogP contribution in [0.5, 0.6) is 0 Å². The van der Waals surface area contributed by atoms with Crippen LogP contribution < -0.4 is 5.32 Å². The highest BCUT2D eigenvalue weighted by Crippen LogP contribution is 2.17. The second-order valence-electron chi connectivity index (χ2n) is 4.29. The third-order valence-corrected chi connectivity index (χ3v) is 4.66. The molecule has 0 bridgehead atoms. The highest BCUT2D eigenvalue weighted by atomic mass is 32.2. The van der Waals surface area contributed by atoms with E-state index in [0.29, 0.717) is 13.0 Å². The Morgan fingerprint density at radius 1 is 1.44 bits per heavy atom. The summed E-state index contributed by atoms with van der Waals surface area (Å²) in [6.07, 6.45) is 0.530. The van der Waals surface area contributed by atoms with Gasteiger partial charge in [-0.05, 0) is 13.0 Å². The summed E-state index contributed by atoms with van der Waals surface area (Å²) in [4.78, 5) is 23.5. The summed E-state index contributed by atoms with van der Waals surface area (Å²) in [5.41, 5.74) is 0. The van der Waals surface area contributed by atoms with Crippen LogP contribution in [0.2, 0.25) is 0 Å². The number of aliphatic carboxylic acids is 1. The van der Waals surface area contributed by atoms with Gasteiger partial charge in [0.2, 0.25) is 5.91 Å². The Morgan fingerprint density at radius 3 is 2.56 bits per heavy atom. The molecule has 18 heavy (non-hydrogen) atoms. The average Bonchev–Trinajstić information content (AvgIpc) is 2.63. The number of sulfone groups is 1. The SMILES string of the molecule is CCN(CC(=O)NCC(=O)O)C1CCS(=O)(=O)C1. The standard InChI is InChI=1S/C10H18N2O5S/c1-2-12(6-9(13)11-5-10(14)15)8-3-4-18(16,17)7-8/h8H,2-7H2,1H3,(H,11,13)(H,14,15).